The van der Waals surface area contributed by atoms with E-state index in [1.54, 1.807) is 19.1 Å². The summed E-state index contributed by atoms with van der Waals surface area (Å²) in [7, 11) is 0. The lowest BCUT2D eigenvalue weighted by Crippen LogP contribution is -2.11. The number of nitrogens with one attached hydrogen (secondary N) is 1. The maximum absolute atomic E-state index is 12.9. The van der Waals surface area contributed by atoms with Crippen LogP contribution in [0.3, 0.4) is 0 Å². The number of carbonyl (C=O) groups is 1. The van der Waals surface area contributed by atoms with Crippen LogP contribution >= 0.6 is 43.2 Å². The Morgan fingerprint density at radius 3 is 2.61 bits per heavy atom. The van der Waals surface area contributed by atoms with Crippen LogP contribution in [-0.2, 0) is 0 Å². The molecule has 94 valence electrons. The van der Waals surface area contributed by atoms with Gasteiger partial charge in [0, 0.05) is 10.2 Å². The van der Waals surface area contributed by atoms with Crippen LogP contribution < -0.4 is 5.32 Å². The van der Waals surface area contributed by atoms with Crippen molar-refractivity contribution >= 4 is 54.8 Å². The van der Waals surface area contributed by atoms with E-state index in [4.69, 9.17) is 0 Å². The first-order valence-electron chi connectivity index (χ1n) is 4.99. The van der Waals surface area contributed by atoms with Crippen molar-refractivity contribution in [3.8, 4) is 0 Å². The average Bonchev–Trinajstić information content (AvgIpc) is 2.63. The second kappa shape index (κ2) is 5.50. The number of hydrogen-bond acceptors (Lipinski definition) is 2. The number of carbonyl (C=O) groups excluding carboxylic acids is 1. The van der Waals surface area contributed by atoms with Crippen molar-refractivity contribution < 1.29 is 9.18 Å². The highest BCUT2D eigenvalue weighted by molar-refractivity contribution is 9.13. The number of thiophene rings is 1. The molecule has 0 radical (unpaired) electrons. The molecular formula is C12H8Br2FNOS. The number of aryl methyl sites for hydroxylation is 1. The summed E-state index contributed by atoms with van der Waals surface area (Å²) >= 11 is 8.00. The normalized spacial score (nSPS) is 10.4. The van der Waals surface area contributed by atoms with E-state index in [2.05, 4.69) is 37.2 Å². The summed E-state index contributed by atoms with van der Waals surface area (Å²) in [6.07, 6.45) is 0. The zero-order valence-electron chi connectivity index (χ0n) is 9.26. The number of anilines is 1. The summed E-state index contributed by atoms with van der Waals surface area (Å²) in [4.78, 5) is 12.6. The van der Waals surface area contributed by atoms with Crippen LogP contribution in [0.2, 0.25) is 0 Å². The van der Waals surface area contributed by atoms with Gasteiger partial charge < -0.3 is 5.32 Å². The Bertz CT molecular complexity index is 593. The summed E-state index contributed by atoms with van der Waals surface area (Å²) in [6.45, 7) is 1.75. The van der Waals surface area contributed by atoms with Gasteiger partial charge in [0.05, 0.1) is 8.66 Å². The Kier molecular flexibility index (Phi) is 4.19. The minimum atomic E-state index is -0.313. The van der Waals surface area contributed by atoms with Crippen molar-refractivity contribution in [3.05, 3.63) is 48.8 Å². The number of benzene rings is 1. The topological polar surface area (TPSA) is 29.1 Å². The highest BCUT2D eigenvalue weighted by Gasteiger charge is 2.13. The fraction of sp³-hybridized carbons (Fsp3) is 0.0833. The number of rotatable bonds is 2. The smallest absolute Gasteiger partial charge is 0.265 e. The third-order valence-electron chi connectivity index (χ3n) is 2.31. The van der Waals surface area contributed by atoms with Crippen LogP contribution in [-0.4, -0.2) is 5.91 Å². The zero-order valence-corrected chi connectivity index (χ0v) is 13.2. The molecule has 1 aromatic heterocycles. The summed E-state index contributed by atoms with van der Waals surface area (Å²) in [5, 5.41) is 2.76. The maximum Gasteiger partial charge on any atom is 0.265 e. The second-order valence-corrected chi connectivity index (χ2v) is 6.87. The Morgan fingerprint density at radius 1 is 1.33 bits per heavy atom. The molecule has 18 heavy (non-hydrogen) atoms. The van der Waals surface area contributed by atoms with E-state index in [1.165, 1.54) is 23.5 Å². The largest absolute Gasteiger partial charge is 0.321 e. The molecule has 2 nitrogen and oxygen atoms in total. The molecule has 1 N–H and O–H groups in total. The monoisotopic (exact) mass is 391 g/mol. The Labute approximate surface area is 124 Å². The first kappa shape index (κ1) is 13.7. The van der Waals surface area contributed by atoms with Gasteiger partial charge in [0.25, 0.3) is 5.91 Å². The average molecular weight is 393 g/mol. The van der Waals surface area contributed by atoms with Gasteiger partial charge in [-0.2, -0.15) is 0 Å². The van der Waals surface area contributed by atoms with Gasteiger partial charge in [0.1, 0.15) is 5.82 Å². The van der Waals surface area contributed by atoms with Crippen molar-refractivity contribution in [2.24, 2.45) is 0 Å². The van der Waals surface area contributed by atoms with Gasteiger partial charge in [-0.3, -0.25) is 4.79 Å². The molecule has 2 aromatic rings. The molecule has 1 amide bonds. The summed E-state index contributed by atoms with van der Waals surface area (Å²) in [5.74, 6) is -0.520. The van der Waals surface area contributed by atoms with Crippen LogP contribution in [0.15, 0.2) is 32.5 Å². The standard InChI is InChI=1S/C12H8Br2FNOS/c1-6-4-7(15)2-3-9(6)16-12(17)10-5-8(13)11(14)18-10/h2-5H,1H3,(H,16,17). The molecule has 0 saturated heterocycles. The van der Waals surface area contributed by atoms with Gasteiger partial charge in [-0.05, 0) is 68.6 Å². The fourth-order valence-corrected chi connectivity index (χ4v) is 3.34. The predicted molar refractivity (Wildman–Crippen MR) is 78.8 cm³/mol. The quantitative estimate of drug-likeness (QED) is 0.767. The zero-order chi connectivity index (χ0) is 13.3. The SMILES string of the molecule is Cc1cc(F)ccc1NC(=O)c1cc(Br)c(Br)s1. The van der Waals surface area contributed by atoms with Gasteiger partial charge in [-0.25, -0.2) is 4.39 Å². The van der Waals surface area contributed by atoms with Gasteiger partial charge in [-0.15, -0.1) is 11.3 Å². The molecule has 0 aliphatic rings. The molecule has 2 rings (SSSR count). The van der Waals surface area contributed by atoms with E-state index in [-0.39, 0.29) is 11.7 Å². The van der Waals surface area contributed by atoms with E-state index in [1.807, 2.05) is 0 Å². The molecule has 0 fully saturated rings. The summed E-state index contributed by atoms with van der Waals surface area (Å²) < 4.78 is 14.6. The third kappa shape index (κ3) is 2.99. The maximum atomic E-state index is 12.9. The van der Waals surface area contributed by atoms with E-state index in [0.29, 0.717) is 16.1 Å². The van der Waals surface area contributed by atoms with Gasteiger partial charge in [0.15, 0.2) is 0 Å². The van der Waals surface area contributed by atoms with Gasteiger partial charge >= 0.3 is 0 Å². The number of hydrogen-bond donors (Lipinski definition) is 1. The molecule has 0 spiro atoms. The van der Waals surface area contributed by atoms with Crippen LogP contribution in [0.5, 0.6) is 0 Å². The minimum Gasteiger partial charge on any atom is -0.321 e. The lowest BCUT2D eigenvalue weighted by molar-refractivity contribution is 0.103. The van der Waals surface area contributed by atoms with Crippen LogP contribution in [0.1, 0.15) is 15.2 Å². The second-order valence-electron chi connectivity index (χ2n) is 3.65. The molecule has 0 unspecified atom stereocenters. The molecule has 0 aliphatic carbocycles. The Balaban J connectivity index is 2.21. The van der Waals surface area contributed by atoms with Crippen LogP contribution in [0, 0.1) is 12.7 Å². The Hall–Kier alpha value is -0.720. The van der Waals surface area contributed by atoms with E-state index in [0.717, 1.165) is 8.26 Å². The third-order valence-corrected chi connectivity index (χ3v) is 5.56. The first-order chi connectivity index (χ1) is 8.47. The van der Waals surface area contributed by atoms with Crippen molar-refractivity contribution in [2.45, 2.75) is 6.92 Å². The number of halogens is 3. The van der Waals surface area contributed by atoms with Gasteiger partial charge in [-0.1, -0.05) is 0 Å². The van der Waals surface area contributed by atoms with E-state index < -0.39 is 0 Å². The van der Waals surface area contributed by atoms with Gasteiger partial charge in [0.2, 0.25) is 0 Å². The van der Waals surface area contributed by atoms with Crippen LogP contribution in [0.25, 0.3) is 0 Å². The predicted octanol–water partition coefficient (Wildman–Crippen LogP) is 4.97. The van der Waals surface area contributed by atoms with E-state index >= 15 is 0 Å². The lowest BCUT2D eigenvalue weighted by atomic mass is 10.2. The molecule has 0 atom stereocenters. The molecule has 0 aliphatic heterocycles. The first-order valence-corrected chi connectivity index (χ1v) is 7.40. The number of amides is 1. The highest BCUT2D eigenvalue weighted by Crippen LogP contribution is 2.32. The molecule has 6 heteroatoms. The van der Waals surface area contributed by atoms with E-state index in [9.17, 15) is 9.18 Å². The van der Waals surface area contributed by atoms with Crippen molar-refractivity contribution in [3.63, 3.8) is 0 Å². The fourth-order valence-electron chi connectivity index (χ4n) is 1.41. The molecule has 1 aromatic carbocycles. The summed E-state index contributed by atoms with van der Waals surface area (Å²) in [6, 6.07) is 6.00. The van der Waals surface area contributed by atoms with Crippen molar-refractivity contribution in [1.29, 1.82) is 0 Å². The highest BCUT2D eigenvalue weighted by atomic mass is 79.9. The minimum absolute atomic E-state index is 0.207. The molecule has 0 saturated carbocycles. The van der Waals surface area contributed by atoms with Crippen molar-refractivity contribution in [2.75, 3.05) is 5.32 Å². The molecule has 1 heterocycles. The lowest BCUT2D eigenvalue weighted by Gasteiger charge is -2.06. The molecular weight excluding hydrogens is 385 g/mol. The summed E-state index contributed by atoms with van der Waals surface area (Å²) in [5.41, 5.74) is 1.31. The Morgan fingerprint density at radius 2 is 2.06 bits per heavy atom. The van der Waals surface area contributed by atoms with Crippen LogP contribution in [0.4, 0.5) is 10.1 Å². The van der Waals surface area contributed by atoms with Crippen molar-refractivity contribution in [1.82, 2.24) is 0 Å². The molecule has 0 bridgehead atoms.